The molecule has 6 rings (SSSR count). The van der Waals surface area contributed by atoms with Crippen molar-refractivity contribution in [3.8, 4) is 17.0 Å². The summed E-state index contributed by atoms with van der Waals surface area (Å²) < 4.78 is 41.5. The van der Waals surface area contributed by atoms with Crippen LogP contribution in [0.5, 0.6) is 5.75 Å². The molecule has 1 fully saturated rings. The second kappa shape index (κ2) is 7.68. The van der Waals surface area contributed by atoms with E-state index in [1.807, 2.05) is 24.3 Å². The van der Waals surface area contributed by atoms with Crippen molar-refractivity contribution in [1.82, 2.24) is 19.3 Å². The van der Waals surface area contributed by atoms with Gasteiger partial charge in [-0.25, -0.2) is 23.2 Å². The average Bonchev–Trinajstić information content (AvgIpc) is 3.49. The number of hydrogen-bond donors (Lipinski definition) is 0. The van der Waals surface area contributed by atoms with E-state index in [-0.39, 0.29) is 17.8 Å². The summed E-state index contributed by atoms with van der Waals surface area (Å²) in [4.78, 5) is 17.2. The predicted octanol–water partition coefficient (Wildman–Crippen LogP) is 4.30. The Hall–Kier alpha value is -3.75. The van der Waals surface area contributed by atoms with E-state index in [9.17, 15) is 13.6 Å². The van der Waals surface area contributed by atoms with Gasteiger partial charge in [0.05, 0.1) is 12.1 Å². The zero-order valence-electron chi connectivity index (χ0n) is 17.5. The fourth-order valence-corrected chi connectivity index (χ4v) is 4.72. The summed E-state index contributed by atoms with van der Waals surface area (Å²) in [6, 6.07) is 10.6. The van der Waals surface area contributed by atoms with Crippen LogP contribution in [0, 0.1) is 11.6 Å². The molecule has 1 atom stereocenters. The molecule has 0 bridgehead atoms. The van der Waals surface area contributed by atoms with Crippen LogP contribution in [-0.2, 0) is 6.42 Å². The molecule has 0 saturated heterocycles. The van der Waals surface area contributed by atoms with E-state index in [0.29, 0.717) is 37.1 Å². The molecule has 0 unspecified atom stereocenters. The number of nitrogens with zero attached hydrogens (tertiary/aromatic N) is 4. The van der Waals surface area contributed by atoms with Crippen LogP contribution in [0.4, 0.5) is 8.78 Å². The standard InChI is InChI=1S/C24H20F2N4O3/c25-16-7-15(8-17(26)9-16)22-5-6-23-28-30(24(31)29(22)23)18-10-20(11-18)33-19-3-1-14(2-4-19)21-12-32-13-27-21/h1-4,7-9,12-13,18,20,22H,5-6,10-11H2/t18?,20?,22-/m0/s1. The lowest BCUT2D eigenvalue weighted by molar-refractivity contribution is 0.0623. The zero-order valence-corrected chi connectivity index (χ0v) is 17.5. The number of oxazole rings is 1. The lowest BCUT2D eigenvalue weighted by Gasteiger charge is -2.34. The summed E-state index contributed by atoms with van der Waals surface area (Å²) in [5, 5.41) is 4.52. The monoisotopic (exact) mass is 450 g/mol. The van der Waals surface area contributed by atoms with E-state index in [2.05, 4.69) is 10.1 Å². The average molecular weight is 450 g/mol. The topological polar surface area (TPSA) is 75.1 Å². The van der Waals surface area contributed by atoms with Crippen molar-refractivity contribution in [3.05, 3.63) is 88.6 Å². The number of ether oxygens (including phenoxy) is 1. The molecule has 2 aromatic heterocycles. The molecule has 1 aliphatic carbocycles. The molecule has 2 aliphatic rings. The fourth-order valence-electron chi connectivity index (χ4n) is 4.72. The van der Waals surface area contributed by atoms with Crippen LogP contribution in [0.3, 0.4) is 0 Å². The lowest BCUT2D eigenvalue weighted by atomic mass is 9.89. The number of benzene rings is 2. The van der Waals surface area contributed by atoms with E-state index in [0.717, 1.165) is 23.1 Å². The lowest BCUT2D eigenvalue weighted by Crippen LogP contribution is -2.41. The van der Waals surface area contributed by atoms with Gasteiger partial charge in [0.1, 0.15) is 41.3 Å². The molecule has 0 radical (unpaired) electrons. The number of aromatic nitrogens is 4. The number of halogens is 2. The van der Waals surface area contributed by atoms with E-state index >= 15 is 0 Å². The molecule has 33 heavy (non-hydrogen) atoms. The molecule has 0 N–H and O–H groups in total. The number of hydrogen-bond acceptors (Lipinski definition) is 5. The van der Waals surface area contributed by atoms with E-state index in [1.165, 1.54) is 23.2 Å². The van der Waals surface area contributed by atoms with Gasteiger partial charge < -0.3 is 9.15 Å². The predicted molar refractivity (Wildman–Crippen MR) is 114 cm³/mol. The summed E-state index contributed by atoms with van der Waals surface area (Å²) in [7, 11) is 0. The molecule has 9 heteroatoms. The molecule has 0 amide bonds. The minimum absolute atomic E-state index is 0.00977. The Labute approximate surface area is 187 Å². The molecule has 2 aromatic carbocycles. The van der Waals surface area contributed by atoms with Crippen molar-refractivity contribution in [3.63, 3.8) is 0 Å². The highest BCUT2D eigenvalue weighted by Gasteiger charge is 2.37. The number of rotatable bonds is 5. The maximum absolute atomic E-state index is 13.7. The molecule has 7 nitrogen and oxygen atoms in total. The fraction of sp³-hybridized carbons (Fsp3) is 0.292. The Bertz CT molecular complexity index is 1340. The second-order valence-electron chi connectivity index (χ2n) is 8.53. The van der Waals surface area contributed by atoms with Crippen LogP contribution in [0.1, 0.15) is 42.7 Å². The first-order valence-corrected chi connectivity index (χ1v) is 10.9. The normalized spacial score (nSPS) is 21.6. The summed E-state index contributed by atoms with van der Waals surface area (Å²) in [6.07, 6.45) is 5.49. The van der Waals surface area contributed by atoms with Crippen LogP contribution >= 0.6 is 0 Å². The number of fused-ring (bicyclic) bond motifs is 1. The van der Waals surface area contributed by atoms with Crippen LogP contribution < -0.4 is 10.4 Å². The van der Waals surface area contributed by atoms with Gasteiger partial charge in [-0.1, -0.05) is 0 Å². The van der Waals surface area contributed by atoms with Gasteiger partial charge in [-0.05, 0) is 48.4 Å². The quantitative estimate of drug-likeness (QED) is 0.453. The van der Waals surface area contributed by atoms with Crippen molar-refractivity contribution in [2.45, 2.75) is 43.9 Å². The minimum atomic E-state index is -0.646. The van der Waals surface area contributed by atoms with E-state index in [1.54, 1.807) is 10.8 Å². The maximum Gasteiger partial charge on any atom is 0.346 e. The Morgan fingerprint density at radius 1 is 1.06 bits per heavy atom. The Kier molecular flexibility index (Phi) is 4.63. The highest BCUT2D eigenvalue weighted by Crippen LogP contribution is 2.36. The second-order valence-corrected chi connectivity index (χ2v) is 8.53. The highest BCUT2D eigenvalue weighted by atomic mass is 19.1. The van der Waals surface area contributed by atoms with E-state index < -0.39 is 17.7 Å². The van der Waals surface area contributed by atoms with Crippen molar-refractivity contribution in [2.24, 2.45) is 0 Å². The summed E-state index contributed by atoms with van der Waals surface area (Å²) in [5.41, 5.74) is 1.92. The molecular formula is C24H20F2N4O3. The Morgan fingerprint density at radius 3 is 2.52 bits per heavy atom. The first-order valence-electron chi connectivity index (χ1n) is 10.9. The van der Waals surface area contributed by atoms with Gasteiger partial charge in [0.2, 0.25) is 0 Å². The third kappa shape index (κ3) is 3.53. The third-order valence-corrected chi connectivity index (χ3v) is 6.43. The summed E-state index contributed by atoms with van der Waals surface area (Å²) in [5.74, 6) is 0.111. The molecular weight excluding hydrogens is 430 g/mol. The van der Waals surface area contributed by atoms with Gasteiger partial charge in [-0.2, -0.15) is 5.10 Å². The SMILES string of the molecule is O=c1n(C2CC(Oc3ccc(-c4cocn4)cc3)C2)nc2n1[C@H](c1cc(F)cc(F)c1)CC2. The Morgan fingerprint density at radius 2 is 1.82 bits per heavy atom. The van der Waals surface area contributed by atoms with Gasteiger partial charge in [-0.15, -0.1) is 0 Å². The molecule has 0 spiro atoms. The smallest absolute Gasteiger partial charge is 0.346 e. The van der Waals surface area contributed by atoms with Gasteiger partial charge >= 0.3 is 5.69 Å². The van der Waals surface area contributed by atoms with Gasteiger partial charge in [-0.3, -0.25) is 4.57 Å². The van der Waals surface area contributed by atoms with Crippen molar-refractivity contribution >= 4 is 0 Å². The summed E-state index contributed by atoms with van der Waals surface area (Å²) >= 11 is 0. The van der Waals surface area contributed by atoms with Crippen LogP contribution in [0.25, 0.3) is 11.3 Å². The van der Waals surface area contributed by atoms with Crippen molar-refractivity contribution in [2.75, 3.05) is 0 Å². The minimum Gasteiger partial charge on any atom is -0.490 e. The van der Waals surface area contributed by atoms with Crippen LogP contribution in [0.2, 0.25) is 0 Å². The highest BCUT2D eigenvalue weighted by molar-refractivity contribution is 5.58. The molecule has 1 aliphatic heterocycles. The number of aryl methyl sites for hydroxylation is 1. The molecule has 168 valence electrons. The molecule has 4 aromatic rings. The van der Waals surface area contributed by atoms with Crippen LogP contribution in [-0.4, -0.2) is 25.4 Å². The zero-order chi connectivity index (χ0) is 22.5. The molecule has 3 heterocycles. The largest absolute Gasteiger partial charge is 0.490 e. The van der Waals surface area contributed by atoms with Gasteiger partial charge in [0.25, 0.3) is 0 Å². The van der Waals surface area contributed by atoms with Gasteiger partial charge in [0.15, 0.2) is 6.39 Å². The molecule has 1 saturated carbocycles. The first-order chi connectivity index (χ1) is 16.0. The van der Waals surface area contributed by atoms with Crippen LogP contribution in [0.15, 0.2) is 64.3 Å². The first kappa shape index (κ1) is 19.9. The van der Waals surface area contributed by atoms with Crippen molar-refractivity contribution < 1.29 is 17.9 Å². The third-order valence-electron chi connectivity index (χ3n) is 6.43. The van der Waals surface area contributed by atoms with Crippen molar-refractivity contribution in [1.29, 1.82) is 0 Å². The maximum atomic E-state index is 13.7. The van der Waals surface area contributed by atoms with E-state index in [4.69, 9.17) is 9.15 Å². The summed E-state index contributed by atoms with van der Waals surface area (Å²) in [6.45, 7) is 0. The Balaban J connectivity index is 1.14. The van der Waals surface area contributed by atoms with Gasteiger partial charge in [0, 0.05) is 30.9 Å².